The van der Waals surface area contributed by atoms with Crippen LogP contribution < -0.4 is 11.3 Å². The van der Waals surface area contributed by atoms with E-state index in [1.807, 2.05) is 60.9 Å². The lowest BCUT2D eigenvalue weighted by Gasteiger charge is -2.31. The summed E-state index contributed by atoms with van der Waals surface area (Å²) in [6.45, 7) is 7.16. The van der Waals surface area contributed by atoms with E-state index < -0.39 is 5.54 Å². The number of benzene rings is 2. The smallest absolute Gasteiger partial charge is 0.262 e. The Morgan fingerprint density at radius 3 is 2.60 bits per heavy atom. The Bertz CT molecular complexity index is 1440. The number of halogens is 1. The fraction of sp³-hybridized carbons (Fsp3) is 0.333. The Balaban J connectivity index is 1.67. The van der Waals surface area contributed by atoms with Crippen LogP contribution in [0.3, 0.4) is 0 Å². The normalized spacial score (nSPS) is 14.6. The second-order valence-corrected chi connectivity index (χ2v) is 10.0. The molecule has 0 atom stereocenters. The van der Waals surface area contributed by atoms with Gasteiger partial charge in [-0.15, -0.1) is 0 Å². The van der Waals surface area contributed by atoms with Crippen molar-refractivity contribution in [1.29, 1.82) is 0 Å². The van der Waals surface area contributed by atoms with Gasteiger partial charge in [-0.25, -0.2) is 15.0 Å². The van der Waals surface area contributed by atoms with E-state index in [0.29, 0.717) is 28.0 Å². The van der Waals surface area contributed by atoms with Gasteiger partial charge in [-0.3, -0.25) is 9.36 Å². The van der Waals surface area contributed by atoms with Gasteiger partial charge >= 0.3 is 0 Å². The lowest BCUT2D eigenvalue weighted by molar-refractivity contribution is 0.328. The summed E-state index contributed by atoms with van der Waals surface area (Å²) in [6.07, 6.45) is 4.76. The molecule has 180 valence electrons. The zero-order valence-corrected chi connectivity index (χ0v) is 20.8. The molecular formula is C27H29ClN6O. The van der Waals surface area contributed by atoms with Crippen LogP contribution in [0.15, 0.2) is 59.5 Å². The Morgan fingerprint density at radius 2 is 1.86 bits per heavy atom. The summed E-state index contributed by atoms with van der Waals surface area (Å²) in [5.41, 5.74) is 8.14. The molecule has 1 aliphatic rings. The number of rotatable bonds is 6. The van der Waals surface area contributed by atoms with E-state index in [1.165, 1.54) is 12.8 Å². The van der Waals surface area contributed by atoms with Crippen LogP contribution in [0.2, 0.25) is 5.02 Å². The van der Waals surface area contributed by atoms with Gasteiger partial charge in [0.05, 0.1) is 22.1 Å². The highest BCUT2D eigenvalue weighted by Crippen LogP contribution is 2.29. The number of likely N-dealkylation sites (tertiary alicyclic amines) is 1. The quantitative estimate of drug-likeness (QED) is 0.429. The molecule has 1 fully saturated rings. The standard InChI is InChI=1S/C27H29ClN6O/c1-27(2,19-6-5-7-20(28)17-19)34-24(11-15-33-13-3-4-14-33)31-23-9-8-18(16-21(23)25(34)35)22-10-12-30-26(29)32-22/h5-10,12,16-17H,3-4,11,13-15H2,1-2H3,(H2,29,30,32). The Kier molecular flexibility index (Phi) is 6.30. The van der Waals surface area contributed by atoms with E-state index >= 15 is 0 Å². The van der Waals surface area contributed by atoms with Crippen molar-refractivity contribution in [3.8, 4) is 11.3 Å². The molecule has 3 heterocycles. The maximum Gasteiger partial charge on any atom is 0.262 e. The minimum absolute atomic E-state index is 0.0831. The summed E-state index contributed by atoms with van der Waals surface area (Å²) in [5, 5.41) is 1.18. The van der Waals surface area contributed by atoms with Gasteiger partial charge in [0.2, 0.25) is 5.95 Å². The van der Waals surface area contributed by atoms with Crippen molar-refractivity contribution in [2.45, 2.75) is 38.6 Å². The number of fused-ring (bicyclic) bond motifs is 1. The SMILES string of the molecule is CC(C)(c1cccc(Cl)c1)n1c(CCN2CCCC2)nc2ccc(-c3ccnc(N)n3)cc2c1=O. The van der Waals surface area contributed by atoms with Gasteiger partial charge in [-0.05, 0) is 75.7 Å². The lowest BCUT2D eigenvalue weighted by atomic mass is 9.93. The summed E-state index contributed by atoms with van der Waals surface area (Å²) >= 11 is 6.33. The Labute approximate surface area is 209 Å². The second kappa shape index (κ2) is 9.40. The molecule has 2 N–H and O–H groups in total. The van der Waals surface area contributed by atoms with Gasteiger partial charge in [-0.1, -0.05) is 29.8 Å². The highest BCUT2D eigenvalue weighted by molar-refractivity contribution is 6.30. The number of anilines is 1. The minimum atomic E-state index is -0.654. The van der Waals surface area contributed by atoms with E-state index in [-0.39, 0.29) is 11.5 Å². The van der Waals surface area contributed by atoms with Crippen molar-refractivity contribution in [1.82, 2.24) is 24.4 Å². The van der Waals surface area contributed by atoms with Crippen LogP contribution in [-0.4, -0.2) is 44.1 Å². The van der Waals surface area contributed by atoms with E-state index in [2.05, 4.69) is 14.9 Å². The van der Waals surface area contributed by atoms with E-state index in [0.717, 1.165) is 36.6 Å². The molecule has 35 heavy (non-hydrogen) atoms. The molecule has 2 aromatic carbocycles. The number of nitrogen functional groups attached to an aromatic ring is 1. The number of hydrogen-bond acceptors (Lipinski definition) is 6. The molecule has 0 saturated carbocycles. The first kappa shape index (κ1) is 23.5. The first-order valence-electron chi connectivity index (χ1n) is 12.0. The fourth-order valence-corrected chi connectivity index (χ4v) is 5.12. The topological polar surface area (TPSA) is 89.9 Å². The predicted molar refractivity (Wildman–Crippen MR) is 141 cm³/mol. The molecule has 0 amide bonds. The molecule has 0 unspecified atom stereocenters. The predicted octanol–water partition coefficient (Wildman–Crippen LogP) is 4.51. The molecule has 1 saturated heterocycles. The molecule has 7 nitrogen and oxygen atoms in total. The van der Waals surface area contributed by atoms with Crippen LogP contribution in [0.5, 0.6) is 0 Å². The van der Waals surface area contributed by atoms with Gasteiger partial charge < -0.3 is 10.6 Å². The van der Waals surface area contributed by atoms with Gasteiger partial charge in [0.15, 0.2) is 0 Å². The second-order valence-electron chi connectivity index (χ2n) is 9.57. The number of nitrogens with two attached hydrogens (primary N) is 1. The van der Waals surface area contributed by atoms with Crippen LogP contribution in [0.25, 0.3) is 22.2 Å². The Morgan fingerprint density at radius 1 is 1.06 bits per heavy atom. The monoisotopic (exact) mass is 488 g/mol. The van der Waals surface area contributed by atoms with Gasteiger partial charge in [0.1, 0.15) is 5.82 Å². The summed E-state index contributed by atoms with van der Waals surface area (Å²) in [5.74, 6) is 0.968. The fourth-order valence-electron chi connectivity index (χ4n) is 4.93. The summed E-state index contributed by atoms with van der Waals surface area (Å²) < 4.78 is 1.84. The molecule has 0 bridgehead atoms. The van der Waals surface area contributed by atoms with Crippen molar-refractivity contribution in [2.75, 3.05) is 25.4 Å². The van der Waals surface area contributed by atoms with Crippen LogP contribution >= 0.6 is 11.6 Å². The minimum Gasteiger partial charge on any atom is -0.368 e. The van der Waals surface area contributed by atoms with Crippen LogP contribution in [-0.2, 0) is 12.0 Å². The zero-order valence-electron chi connectivity index (χ0n) is 20.0. The summed E-state index contributed by atoms with van der Waals surface area (Å²) in [4.78, 5) is 29.9. The maximum atomic E-state index is 14.1. The Hall–Kier alpha value is -3.29. The van der Waals surface area contributed by atoms with E-state index in [4.69, 9.17) is 22.3 Å². The molecule has 5 rings (SSSR count). The van der Waals surface area contributed by atoms with Crippen molar-refractivity contribution in [2.24, 2.45) is 0 Å². The van der Waals surface area contributed by atoms with Crippen LogP contribution in [0.4, 0.5) is 5.95 Å². The molecule has 2 aromatic heterocycles. The summed E-state index contributed by atoms with van der Waals surface area (Å²) in [7, 11) is 0. The van der Waals surface area contributed by atoms with Crippen molar-refractivity contribution in [3.63, 3.8) is 0 Å². The van der Waals surface area contributed by atoms with Crippen LogP contribution in [0.1, 0.15) is 38.1 Å². The van der Waals surface area contributed by atoms with Gasteiger partial charge in [-0.2, -0.15) is 0 Å². The highest BCUT2D eigenvalue weighted by atomic mass is 35.5. The average Bonchev–Trinajstić information content (AvgIpc) is 3.36. The third-order valence-electron chi connectivity index (χ3n) is 6.85. The zero-order chi connectivity index (χ0) is 24.6. The molecule has 8 heteroatoms. The average molecular weight is 489 g/mol. The van der Waals surface area contributed by atoms with Crippen LogP contribution in [0, 0.1) is 0 Å². The van der Waals surface area contributed by atoms with Crippen molar-refractivity contribution < 1.29 is 0 Å². The first-order chi connectivity index (χ1) is 16.8. The number of hydrogen-bond donors (Lipinski definition) is 1. The van der Waals surface area contributed by atoms with E-state index in [1.54, 1.807) is 12.3 Å². The third kappa shape index (κ3) is 4.66. The third-order valence-corrected chi connectivity index (χ3v) is 7.08. The molecule has 0 spiro atoms. The highest BCUT2D eigenvalue weighted by Gasteiger charge is 2.29. The van der Waals surface area contributed by atoms with E-state index in [9.17, 15) is 4.79 Å². The molecule has 4 aromatic rings. The molecule has 0 radical (unpaired) electrons. The van der Waals surface area contributed by atoms with Gasteiger partial charge in [0, 0.05) is 29.7 Å². The summed E-state index contributed by atoms with van der Waals surface area (Å²) in [6, 6.07) is 15.1. The number of nitrogens with zero attached hydrogens (tertiary/aromatic N) is 5. The van der Waals surface area contributed by atoms with Crippen molar-refractivity contribution in [3.05, 3.63) is 81.5 Å². The first-order valence-corrected chi connectivity index (χ1v) is 12.3. The largest absolute Gasteiger partial charge is 0.368 e. The molecule has 0 aliphatic carbocycles. The number of aromatic nitrogens is 4. The molecular weight excluding hydrogens is 460 g/mol. The van der Waals surface area contributed by atoms with Crippen molar-refractivity contribution >= 4 is 28.5 Å². The maximum absolute atomic E-state index is 14.1. The lowest BCUT2D eigenvalue weighted by Crippen LogP contribution is -2.41. The molecule has 1 aliphatic heterocycles. The van der Waals surface area contributed by atoms with Gasteiger partial charge in [0.25, 0.3) is 5.56 Å².